The molecule has 0 heterocycles. The van der Waals surface area contributed by atoms with E-state index in [1.165, 1.54) is 11.1 Å². The minimum atomic E-state index is -0.490. The van der Waals surface area contributed by atoms with Gasteiger partial charge in [-0.1, -0.05) is 49.4 Å². The third-order valence-electron chi connectivity index (χ3n) is 3.53. The van der Waals surface area contributed by atoms with Gasteiger partial charge in [-0.15, -0.1) is 0 Å². The van der Waals surface area contributed by atoms with Gasteiger partial charge in [-0.2, -0.15) is 0 Å². The molecule has 0 saturated heterocycles. The van der Waals surface area contributed by atoms with Gasteiger partial charge in [0, 0.05) is 5.69 Å². The van der Waals surface area contributed by atoms with Crippen LogP contribution in [0.1, 0.15) is 24.5 Å². The fraction of sp³-hybridized carbons (Fsp3) is 0.278. The summed E-state index contributed by atoms with van der Waals surface area (Å²) in [5, 5.41) is 2.89. The third-order valence-corrected chi connectivity index (χ3v) is 3.53. The quantitative estimate of drug-likeness (QED) is 0.855. The van der Waals surface area contributed by atoms with Gasteiger partial charge in [0.15, 0.2) is 0 Å². The van der Waals surface area contributed by atoms with Crippen LogP contribution in [0, 0.1) is 0 Å². The van der Waals surface area contributed by atoms with E-state index in [1.807, 2.05) is 42.5 Å². The molecule has 0 spiro atoms. The first-order valence-electron chi connectivity index (χ1n) is 7.38. The number of aryl methyl sites for hydroxylation is 2. The summed E-state index contributed by atoms with van der Waals surface area (Å²) in [6.45, 7) is 2.09. The number of hydrogen-bond donors (Lipinski definition) is 2. The lowest BCUT2D eigenvalue weighted by Crippen LogP contribution is -2.36. The number of rotatable bonds is 6. The molecule has 2 rings (SSSR count). The highest BCUT2D eigenvalue weighted by molar-refractivity contribution is 5.94. The second kappa shape index (κ2) is 7.60. The van der Waals surface area contributed by atoms with E-state index in [4.69, 9.17) is 5.73 Å². The van der Waals surface area contributed by atoms with Crippen molar-refractivity contribution in [3.8, 4) is 0 Å². The number of nitrogens with one attached hydrogen (secondary N) is 1. The lowest BCUT2D eigenvalue weighted by molar-refractivity contribution is -0.117. The highest BCUT2D eigenvalue weighted by Gasteiger charge is 2.13. The predicted molar refractivity (Wildman–Crippen MR) is 87.2 cm³/mol. The average molecular weight is 282 g/mol. The van der Waals surface area contributed by atoms with Gasteiger partial charge in [-0.05, 0) is 42.5 Å². The number of hydrogen-bond acceptors (Lipinski definition) is 2. The Morgan fingerprint density at radius 2 is 1.81 bits per heavy atom. The van der Waals surface area contributed by atoms with Gasteiger partial charge in [-0.3, -0.25) is 4.79 Å². The van der Waals surface area contributed by atoms with E-state index in [2.05, 4.69) is 24.4 Å². The summed E-state index contributed by atoms with van der Waals surface area (Å²) < 4.78 is 0. The van der Waals surface area contributed by atoms with Crippen LogP contribution in [0.4, 0.5) is 5.69 Å². The van der Waals surface area contributed by atoms with Crippen LogP contribution in [0.5, 0.6) is 0 Å². The molecule has 0 radical (unpaired) electrons. The second-order valence-corrected chi connectivity index (χ2v) is 5.17. The van der Waals surface area contributed by atoms with Crippen molar-refractivity contribution in [1.29, 1.82) is 0 Å². The zero-order valence-corrected chi connectivity index (χ0v) is 12.4. The standard InChI is InChI=1S/C18H22N2O/c1-2-14-9-6-10-16(13-14)20-18(21)17(19)12-11-15-7-4-3-5-8-15/h3-10,13,17H,2,11-12,19H2,1H3,(H,20,21). The molecule has 0 bridgehead atoms. The number of nitrogens with two attached hydrogens (primary N) is 1. The maximum absolute atomic E-state index is 12.1. The van der Waals surface area contributed by atoms with Crippen molar-refractivity contribution in [2.75, 3.05) is 5.32 Å². The molecule has 110 valence electrons. The van der Waals surface area contributed by atoms with E-state index in [1.54, 1.807) is 0 Å². The molecule has 2 aromatic carbocycles. The van der Waals surface area contributed by atoms with Crippen molar-refractivity contribution in [3.63, 3.8) is 0 Å². The van der Waals surface area contributed by atoms with E-state index in [0.717, 1.165) is 18.5 Å². The molecule has 0 aliphatic heterocycles. The van der Waals surface area contributed by atoms with Crippen molar-refractivity contribution in [2.24, 2.45) is 5.73 Å². The van der Waals surface area contributed by atoms with Crippen LogP contribution in [0.3, 0.4) is 0 Å². The maximum Gasteiger partial charge on any atom is 0.241 e. The summed E-state index contributed by atoms with van der Waals surface area (Å²) in [5.74, 6) is -0.126. The van der Waals surface area contributed by atoms with Gasteiger partial charge in [0.05, 0.1) is 6.04 Å². The molecule has 1 unspecified atom stereocenters. The van der Waals surface area contributed by atoms with Gasteiger partial charge in [-0.25, -0.2) is 0 Å². The van der Waals surface area contributed by atoms with Gasteiger partial charge >= 0.3 is 0 Å². The van der Waals surface area contributed by atoms with E-state index < -0.39 is 6.04 Å². The SMILES string of the molecule is CCc1cccc(NC(=O)C(N)CCc2ccccc2)c1. The van der Waals surface area contributed by atoms with E-state index in [9.17, 15) is 4.79 Å². The van der Waals surface area contributed by atoms with Crippen molar-refractivity contribution >= 4 is 11.6 Å². The Hall–Kier alpha value is -2.13. The van der Waals surface area contributed by atoms with Crippen LogP contribution in [-0.4, -0.2) is 11.9 Å². The smallest absolute Gasteiger partial charge is 0.241 e. The highest BCUT2D eigenvalue weighted by Crippen LogP contribution is 2.12. The number of carbonyl (C=O) groups excluding carboxylic acids is 1. The molecule has 21 heavy (non-hydrogen) atoms. The molecule has 3 heteroatoms. The Balaban J connectivity index is 1.87. The monoisotopic (exact) mass is 282 g/mol. The normalized spacial score (nSPS) is 11.9. The molecule has 1 atom stereocenters. The van der Waals surface area contributed by atoms with Gasteiger partial charge < -0.3 is 11.1 Å². The number of anilines is 1. The largest absolute Gasteiger partial charge is 0.325 e. The summed E-state index contributed by atoms with van der Waals surface area (Å²) in [7, 11) is 0. The number of amides is 1. The summed E-state index contributed by atoms with van der Waals surface area (Å²) >= 11 is 0. The Morgan fingerprint density at radius 3 is 2.52 bits per heavy atom. The molecular formula is C18H22N2O. The van der Waals surface area contributed by atoms with Crippen LogP contribution in [0.25, 0.3) is 0 Å². The first-order valence-corrected chi connectivity index (χ1v) is 7.38. The van der Waals surface area contributed by atoms with Crippen molar-refractivity contribution in [3.05, 3.63) is 65.7 Å². The molecule has 3 N–H and O–H groups in total. The lowest BCUT2D eigenvalue weighted by Gasteiger charge is -2.13. The summed E-state index contributed by atoms with van der Waals surface area (Å²) in [5.41, 5.74) is 9.19. The van der Waals surface area contributed by atoms with Crippen molar-refractivity contribution < 1.29 is 4.79 Å². The minimum Gasteiger partial charge on any atom is -0.325 e. The Morgan fingerprint density at radius 1 is 1.10 bits per heavy atom. The lowest BCUT2D eigenvalue weighted by atomic mass is 10.1. The second-order valence-electron chi connectivity index (χ2n) is 5.17. The predicted octanol–water partition coefficient (Wildman–Crippen LogP) is 3.15. The number of carbonyl (C=O) groups is 1. The molecule has 2 aromatic rings. The zero-order chi connectivity index (χ0) is 15.1. The molecule has 0 saturated carbocycles. The molecule has 0 fully saturated rings. The summed E-state index contributed by atoms with van der Waals surface area (Å²) in [6, 6.07) is 17.5. The third kappa shape index (κ3) is 4.72. The number of benzene rings is 2. The summed E-state index contributed by atoms with van der Waals surface area (Å²) in [4.78, 5) is 12.1. The van der Waals surface area contributed by atoms with Crippen LogP contribution < -0.4 is 11.1 Å². The van der Waals surface area contributed by atoms with E-state index in [-0.39, 0.29) is 5.91 Å². The summed E-state index contributed by atoms with van der Waals surface area (Å²) in [6.07, 6.45) is 2.40. The first-order chi connectivity index (χ1) is 10.2. The first kappa shape index (κ1) is 15.3. The Labute approximate surface area is 126 Å². The van der Waals surface area contributed by atoms with Gasteiger partial charge in [0.2, 0.25) is 5.91 Å². The molecule has 3 nitrogen and oxygen atoms in total. The molecule has 0 aliphatic rings. The van der Waals surface area contributed by atoms with Gasteiger partial charge in [0.25, 0.3) is 0 Å². The highest BCUT2D eigenvalue weighted by atomic mass is 16.2. The van der Waals surface area contributed by atoms with E-state index >= 15 is 0 Å². The van der Waals surface area contributed by atoms with Crippen LogP contribution in [0.2, 0.25) is 0 Å². The Bertz CT molecular complexity index is 581. The topological polar surface area (TPSA) is 55.1 Å². The molecule has 0 aromatic heterocycles. The van der Waals surface area contributed by atoms with Crippen LogP contribution in [0.15, 0.2) is 54.6 Å². The van der Waals surface area contributed by atoms with Crippen LogP contribution >= 0.6 is 0 Å². The zero-order valence-electron chi connectivity index (χ0n) is 12.4. The Kier molecular flexibility index (Phi) is 5.52. The van der Waals surface area contributed by atoms with Crippen molar-refractivity contribution in [1.82, 2.24) is 0 Å². The average Bonchev–Trinajstić information content (AvgIpc) is 2.53. The van der Waals surface area contributed by atoms with Crippen molar-refractivity contribution in [2.45, 2.75) is 32.2 Å². The van der Waals surface area contributed by atoms with Gasteiger partial charge in [0.1, 0.15) is 0 Å². The fourth-order valence-corrected chi connectivity index (χ4v) is 2.20. The molecule has 1 amide bonds. The minimum absolute atomic E-state index is 0.126. The molecular weight excluding hydrogens is 260 g/mol. The van der Waals surface area contributed by atoms with Crippen LogP contribution in [-0.2, 0) is 17.6 Å². The molecule has 0 aliphatic carbocycles. The maximum atomic E-state index is 12.1. The fourth-order valence-electron chi connectivity index (χ4n) is 2.20. The van der Waals surface area contributed by atoms with E-state index in [0.29, 0.717) is 6.42 Å².